The van der Waals surface area contributed by atoms with Crippen molar-refractivity contribution in [2.75, 3.05) is 7.11 Å². The first kappa shape index (κ1) is 9.15. The van der Waals surface area contributed by atoms with Gasteiger partial charge in [-0.15, -0.1) is 11.3 Å². The SMILES string of the molecule is COc1cc(F)c2cc(C=O)sc2c1. The maximum atomic E-state index is 13.4. The van der Waals surface area contributed by atoms with Crippen LogP contribution >= 0.6 is 11.3 Å². The highest BCUT2D eigenvalue weighted by Gasteiger charge is 2.08. The summed E-state index contributed by atoms with van der Waals surface area (Å²) in [7, 11) is 1.48. The van der Waals surface area contributed by atoms with E-state index in [1.165, 1.54) is 24.5 Å². The van der Waals surface area contributed by atoms with E-state index < -0.39 is 0 Å². The molecule has 2 aromatic rings. The first-order valence-electron chi connectivity index (χ1n) is 3.97. The van der Waals surface area contributed by atoms with Gasteiger partial charge in [0.25, 0.3) is 0 Å². The second-order valence-electron chi connectivity index (χ2n) is 2.79. The zero-order valence-electron chi connectivity index (χ0n) is 7.41. The predicted molar refractivity (Wildman–Crippen MR) is 53.7 cm³/mol. The number of aldehydes is 1. The van der Waals surface area contributed by atoms with Crippen LogP contribution in [0.15, 0.2) is 18.2 Å². The summed E-state index contributed by atoms with van der Waals surface area (Å²) in [5.74, 6) is 0.109. The molecule has 0 aliphatic rings. The molecule has 2 nitrogen and oxygen atoms in total. The minimum Gasteiger partial charge on any atom is -0.497 e. The number of benzene rings is 1. The molecule has 0 N–H and O–H groups in total. The molecule has 1 aromatic carbocycles. The third-order valence-electron chi connectivity index (χ3n) is 1.93. The quantitative estimate of drug-likeness (QED) is 0.712. The van der Waals surface area contributed by atoms with Crippen LogP contribution in [0, 0.1) is 5.82 Å². The van der Waals surface area contributed by atoms with Crippen molar-refractivity contribution in [1.82, 2.24) is 0 Å². The summed E-state index contributed by atoms with van der Waals surface area (Å²) >= 11 is 1.25. The Morgan fingerprint density at radius 2 is 2.21 bits per heavy atom. The maximum absolute atomic E-state index is 13.4. The lowest BCUT2D eigenvalue weighted by Gasteiger charge is -1.99. The lowest BCUT2D eigenvalue weighted by molar-refractivity contribution is 0.112. The number of ether oxygens (including phenoxy) is 1. The third kappa shape index (κ3) is 1.37. The lowest BCUT2D eigenvalue weighted by atomic mass is 10.2. The molecule has 0 radical (unpaired) electrons. The first-order chi connectivity index (χ1) is 6.74. The molecule has 0 saturated carbocycles. The van der Waals surface area contributed by atoms with Crippen LogP contribution in [0.5, 0.6) is 5.75 Å². The van der Waals surface area contributed by atoms with E-state index in [0.717, 1.165) is 11.0 Å². The van der Waals surface area contributed by atoms with Gasteiger partial charge in [-0.1, -0.05) is 0 Å². The van der Waals surface area contributed by atoms with Gasteiger partial charge in [0.15, 0.2) is 6.29 Å². The van der Waals surface area contributed by atoms with Gasteiger partial charge in [0, 0.05) is 16.2 Å². The molecule has 14 heavy (non-hydrogen) atoms. The van der Waals surface area contributed by atoms with Crippen LogP contribution in [0.3, 0.4) is 0 Å². The highest BCUT2D eigenvalue weighted by Crippen LogP contribution is 2.30. The average Bonchev–Trinajstić information content (AvgIpc) is 2.61. The van der Waals surface area contributed by atoms with Gasteiger partial charge in [0.2, 0.25) is 0 Å². The Kier molecular flexibility index (Phi) is 2.21. The zero-order valence-corrected chi connectivity index (χ0v) is 8.23. The van der Waals surface area contributed by atoms with Crippen LogP contribution in [0.2, 0.25) is 0 Å². The summed E-state index contributed by atoms with van der Waals surface area (Å²) in [6.45, 7) is 0. The van der Waals surface area contributed by atoms with Crippen molar-refractivity contribution in [2.45, 2.75) is 0 Å². The van der Waals surface area contributed by atoms with Crippen molar-refractivity contribution >= 4 is 27.7 Å². The number of hydrogen-bond donors (Lipinski definition) is 0. The number of carbonyl (C=O) groups excluding carboxylic acids is 1. The van der Waals surface area contributed by atoms with Crippen LogP contribution in [0.4, 0.5) is 4.39 Å². The van der Waals surface area contributed by atoms with Gasteiger partial charge in [-0.25, -0.2) is 4.39 Å². The summed E-state index contributed by atoms with van der Waals surface area (Å²) in [4.78, 5) is 11.0. The number of rotatable bonds is 2. The third-order valence-corrected chi connectivity index (χ3v) is 2.94. The Morgan fingerprint density at radius 1 is 1.43 bits per heavy atom. The van der Waals surface area contributed by atoms with Crippen molar-refractivity contribution in [3.63, 3.8) is 0 Å². The molecular formula is C10H7FO2S. The van der Waals surface area contributed by atoms with E-state index in [2.05, 4.69) is 0 Å². The van der Waals surface area contributed by atoms with Gasteiger partial charge in [-0.2, -0.15) is 0 Å². The van der Waals surface area contributed by atoms with Gasteiger partial charge in [-0.3, -0.25) is 4.79 Å². The summed E-state index contributed by atoms with van der Waals surface area (Å²) in [5.41, 5.74) is 0. The molecule has 0 amide bonds. The van der Waals surface area contributed by atoms with E-state index in [1.807, 2.05) is 0 Å². The number of carbonyl (C=O) groups is 1. The number of methoxy groups -OCH3 is 1. The second kappa shape index (κ2) is 3.38. The first-order valence-corrected chi connectivity index (χ1v) is 4.78. The van der Waals surface area contributed by atoms with Crippen LogP contribution < -0.4 is 4.74 Å². The Hall–Kier alpha value is -1.42. The van der Waals surface area contributed by atoms with Crippen molar-refractivity contribution < 1.29 is 13.9 Å². The molecule has 0 unspecified atom stereocenters. The summed E-state index contributed by atoms with van der Waals surface area (Å²) in [6, 6.07) is 4.57. The Morgan fingerprint density at radius 3 is 2.86 bits per heavy atom. The Bertz CT molecular complexity index is 490. The maximum Gasteiger partial charge on any atom is 0.160 e. The molecule has 0 aliphatic heterocycles. The van der Waals surface area contributed by atoms with Gasteiger partial charge in [-0.05, 0) is 12.1 Å². The highest BCUT2D eigenvalue weighted by molar-refractivity contribution is 7.20. The normalized spacial score (nSPS) is 10.4. The van der Waals surface area contributed by atoms with Gasteiger partial charge in [0.1, 0.15) is 11.6 Å². The Balaban J connectivity index is 2.73. The molecule has 1 heterocycles. The van der Waals surface area contributed by atoms with E-state index in [0.29, 0.717) is 16.0 Å². The van der Waals surface area contributed by atoms with Crippen LogP contribution in [-0.4, -0.2) is 13.4 Å². The van der Waals surface area contributed by atoms with E-state index in [-0.39, 0.29) is 5.82 Å². The molecule has 0 spiro atoms. The average molecular weight is 210 g/mol. The van der Waals surface area contributed by atoms with E-state index in [4.69, 9.17) is 4.74 Å². The van der Waals surface area contributed by atoms with Crippen molar-refractivity contribution in [3.8, 4) is 5.75 Å². The van der Waals surface area contributed by atoms with Crippen molar-refractivity contribution in [2.24, 2.45) is 0 Å². The summed E-state index contributed by atoms with van der Waals surface area (Å²) in [6.07, 6.45) is 0.719. The predicted octanol–water partition coefficient (Wildman–Crippen LogP) is 2.86. The lowest BCUT2D eigenvalue weighted by Crippen LogP contribution is -1.83. The number of halogens is 1. The molecule has 1 aromatic heterocycles. The fourth-order valence-corrected chi connectivity index (χ4v) is 2.19. The molecule has 0 aliphatic carbocycles. The van der Waals surface area contributed by atoms with Crippen LogP contribution in [0.25, 0.3) is 10.1 Å². The minimum absolute atomic E-state index is 0.358. The Labute approximate surface area is 83.9 Å². The molecule has 0 atom stereocenters. The van der Waals surface area contributed by atoms with Crippen LogP contribution in [0.1, 0.15) is 9.67 Å². The molecule has 2 rings (SSSR count). The number of fused-ring (bicyclic) bond motifs is 1. The fraction of sp³-hybridized carbons (Fsp3) is 0.100. The van der Waals surface area contributed by atoms with Crippen molar-refractivity contribution in [1.29, 1.82) is 0 Å². The molecule has 0 saturated heterocycles. The second-order valence-corrected chi connectivity index (χ2v) is 3.90. The minimum atomic E-state index is -0.358. The number of hydrogen-bond acceptors (Lipinski definition) is 3. The smallest absolute Gasteiger partial charge is 0.160 e. The van der Waals surface area contributed by atoms with Gasteiger partial charge < -0.3 is 4.74 Å². The van der Waals surface area contributed by atoms with Crippen LogP contribution in [-0.2, 0) is 0 Å². The van der Waals surface area contributed by atoms with Crippen molar-refractivity contribution in [3.05, 3.63) is 28.9 Å². The van der Waals surface area contributed by atoms with E-state index in [9.17, 15) is 9.18 Å². The molecular weight excluding hydrogens is 203 g/mol. The molecule has 72 valence electrons. The van der Waals surface area contributed by atoms with Gasteiger partial charge in [0.05, 0.1) is 12.0 Å². The monoisotopic (exact) mass is 210 g/mol. The van der Waals surface area contributed by atoms with E-state index in [1.54, 1.807) is 12.1 Å². The van der Waals surface area contributed by atoms with E-state index >= 15 is 0 Å². The highest BCUT2D eigenvalue weighted by atomic mass is 32.1. The fourth-order valence-electron chi connectivity index (χ4n) is 1.27. The standard InChI is InChI=1S/C10H7FO2S/c1-13-6-2-9(11)8-4-7(5-12)14-10(8)3-6/h2-5H,1H3. The van der Waals surface area contributed by atoms with Gasteiger partial charge >= 0.3 is 0 Å². The topological polar surface area (TPSA) is 26.3 Å². The summed E-state index contributed by atoms with van der Waals surface area (Å²) in [5, 5.41) is 0.470. The largest absolute Gasteiger partial charge is 0.497 e. The molecule has 0 fully saturated rings. The zero-order chi connectivity index (χ0) is 10.1. The number of thiophene rings is 1. The molecule has 4 heteroatoms. The molecule has 0 bridgehead atoms. The summed E-state index contributed by atoms with van der Waals surface area (Å²) < 4.78 is 19.0.